The average Bonchev–Trinajstić information content (AvgIpc) is 3.28. The highest BCUT2D eigenvalue weighted by Gasteiger charge is 2.59. The fourth-order valence-electron chi connectivity index (χ4n) is 10.0. The molecule has 2 N–H and O–H groups in total. The van der Waals surface area contributed by atoms with Crippen LogP contribution in [0.15, 0.2) is 11.6 Å². The number of hydrogen-bond donors (Lipinski definition) is 1. The van der Waals surface area contributed by atoms with Gasteiger partial charge in [0, 0.05) is 6.42 Å². The summed E-state index contributed by atoms with van der Waals surface area (Å²) in [5.41, 5.74) is 7.91. The summed E-state index contributed by atoms with van der Waals surface area (Å²) >= 11 is 0. The van der Waals surface area contributed by atoms with Crippen molar-refractivity contribution in [1.29, 1.82) is 0 Å². The van der Waals surface area contributed by atoms with E-state index in [2.05, 4.69) is 40.7 Å². The Labute approximate surface area is 259 Å². The van der Waals surface area contributed by atoms with Crippen molar-refractivity contribution >= 4 is 10.1 Å². The maximum absolute atomic E-state index is 12.4. The van der Waals surface area contributed by atoms with Crippen LogP contribution >= 0.6 is 0 Å². The molecule has 7 heteroatoms. The van der Waals surface area contributed by atoms with Crippen molar-refractivity contribution in [3.05, 3.63) is 11.6 Å². The minimum atomic E-state index is -3.57. The van der Waals surface area contributed by atoms with E-state index in [1.54, 1.807) is 5.57 Å². The fourth-order valence-corrected chi connectivity index (χ4v) is 11.0. The molecule has 4 aliphatic carbocycles. The van der Waals surface area contributed by atoms with E-state index in [1.807, 2.05) is 19.0 Å². The van der Waals surface area contributed by atoms with Gasteiger partial charge in [-0.05, 0) is 125 Å². The zero-order valence-corrected chi connectivity index (χ0v) is 28.9. The molecule has 3 saturated carbocycles. The molecule has 244 valence electrons. The van der Waals surface area contributed by atoms with E-state index in [9.17, 15) is 8.42 Å². The minimum Gasteiger partial charge on any atom is -0.360 e. The molecule has 4 rings (SSSR count). The summed E-state index contributed by atoms with van der Waals surface area (Å²) in [6.45, 7) is 13.1. The zero-order valence-electron chi connectivity index (χ0n) is 28.1. The van der Waals surface area contributed by atoms with E-state index in [1.165, 1.54) is 57.8 Å². The van der Waals surface area contributed by atoms with Crippen LogP contribution in [0.1, 0.15) is 118 Å². The number of hydrogen-bond acceptors (Lipinski definition) is 6. The Balaban J connectivity index is 1.37. The van der Waals surface area contributed by atoms with Crippen LogP contribution in [0, 0.1) is 46.3 Å². The van der Waals surface area contributed by atoms with Crippen molar-refractivity contribution in [3.63, 3.8) is 0 Å². The molecule has 0 aromatic heterocycles. The molecule has 0 aliphatic heterocycles. The Morgan fingerprint density at radius 3 is 2.45 bits per heavy atom. The molecule has 0 heterocycles. The number of allylic oxidation sites excluding steroid dienone is 1. The van der Waals surface area contributed by atoms with Crippen molar-refractivity contribution < 1.29 is 17.3 Å². The Kier molecular flexibility index (Phi) is 11.7. The number of nitrogens with two attached hydrogens (primary N) is 1. The van der Waals surface area contributed by atoms with Gasteiger partial charge in [0.25, 0.3) is 10.1 Å². The van der Waals surface area contributed by atoms with E-state index in [0.29, 0.717) is 30.2 Å². The minimum absolute atomic E-state index is 0.0329. The number of nitrogens with zero attached hydrogens (tertiary/aromatic N) is 1. The van der Waals surface area contributed by atoms with Crippen LogP contribution in [0.4, 0.5) is 0 Å². The van der Waals surface area contributed by atoms with Crippen molar-refractivity contribution in [2.45, 2.75) is 130 Å². The third kappa shape index (κ3) is 7.66. The largest absolute Gasteiger partial charge is 0.360 e. The van der Waals surface area contributed by atoms with Crippen molar-refractivity contribution in [1.82, 2.24) is 4.90 Å². The Hall–Kier alpha value is -0.470. The first-order valence-corrected chi connectivity index (χ1v) is 19.0. The molecule has 6 nitrogen and oxygen atoms in total. The van der Waals surface area contributed by atoms with Gasteiger partial charge in [0.05, 0.1) is 18.5 Å². The van der Waals surface area contributed by atoms with Crippen LogP contribution in [0.3, 0.4) is 0 Å². The SMILES string of the molecule is CC(C)CCC[C@@H](C)[C@H]1CC[C@H]2[C@@H]3CC=C4C[C@@H](OC(CCS(=O)(=O)OCCCN)N(C)C)CC[C@]4(C)[C@H]3CC[C@]12C. The van der Waals surface area contributed by atoms with Crippen molar-refractivity contribution in [3.8, 4) is 0 Å². The lowest BCUT2D eigenvalue weighted by Crippen LogP contribution is -2.51. The van der Waals surface area contributed by atoms with Gasteiger partial charge in [-0.25, -0.2) is 0 Å². The summed E-state index contributed by atoms with van der Waals surface area (Å²) in [5, 5.41) is 0. The summed E-state index contributed by atoms with van der Waals surface area (Å²) in [4.78, 5) is 2.01. The first-order chi connectivity index (χ1) is 19.8. The van der Waals surface area contributed by atoms with Gasteiger partial charge in [0.2, 0.25) is 0 Å². The van der Waals surface area contributed by atoms with E-state index in [0.717, 1.165) is 48.3 Å². The Bertz CT molecular complexity index is 1010. The lowest BCUT2D eigenvalue weighted by molar-refractivity contribution is -0.108. The normalized spacial score (nSPS) is 36.3. The summed E-state index contributed by atoms with van der Waals surface area (Å²) in [5.74, 6) is 5.05. The fraction of sp³-hybridized carbons (Fsp3) is 0.943. The molecule has 42 heavy (non-hydrogen) atoms. The molecule has 0 amide bonds. The van der Waals surface area contributed by atoms with Gasteiger partial charge in [-0.1, -0.05) is 65.5 Å². The van der Waals surface area contributed by atoms with Gasteiger partial charge in [0.1, 0.15) is 6.23 Å². The van der Waals surface area contributed by atoms with Gasteiger partial charge >= 0.3 is 0 Å². The van der Waals surface area contributed by atoms with Gasteiger partial charge in [-0.15, -0.1) is 0 Å². The average molecular weight is 609 g/mol. The lowest BCUT2D eigenvalue weighted by atomic mass is 9.47. The predicted molar refractivity (Wildman–Crippen MR) is 173 cm³/mol. The summed E-state index contributed by atoms with van der Waals surface area (Å²) in [6.07, 6.45) is 17.8. The van der Waals surface area contributed by atoms with Crippen LogP contribution in [-0.4, -0.2) is 58.6 Å². The van der Waals surface area contributed by atoms with Crippen molar-refractivity contribution in [2.24, 2.45) is 52.1 Å². The van der Waals surface area contributed by atoms with E-state index in [-0.39, 0.29) is 24.7 Å². The molecule has 4 aliphatic rings. The summed E-state index contributed by atoms with van der Waals surface area (Å²) in [6, 6.07) is 0. The molecule has 9 atom stereocenters. The van der Waals surface area contributed by atoms with E-state index < -0.39 is 10.1 Å². The second-order valence-corrected chi connectivity index (χ2v) is 17.5. The second-order valence-electron chi connectivity index (χ2n) is 15.7. The highest BCUT2D eigenvalue weighted by molar-refractivity contribution is 7.86. The molecule has 0 bridgehead atoms. The lowest BCUT2D eigenvalue weighted by Gasteiger charge is -2.58. The van der Waals surface area contributed by atoms with Crippen LogP contribution in [0.2, 0.25) is 0 Å². The summed E-state index contributed by atoms with van der Waals surface area (Å²) in [7, 11) is 0.381. The highest BCUT2D eigenvalue weighted by atomic mass is 32.2. The summed E-state index contributed by atoms with van der Waals surface area (Å²) < 4.78 is 36.5. The van der Waals surface area contributed by atoms with Gasteiger partial charge in [-0.3, -0.25) is 9.08 Å². The predicted octanol–water partition coefficient (Wildman–Crippen LogP) is 7.39. The van der Waals surface area contributed by atoms with Crippen LogP contribution < -0.4 is 5.73 Å². The van der Waals surface area contributed by atoms with E-state index >= 15 is 0 Å². The van der Waals surface area contributed by atoms with Gasteiger partial charge < -0.3 is 10.5 Å². The molecular formula is C35H64N2O4S. The Morgan fingerprint density at radius 2 is 1.76 bits per heavy atom. The maximum Gasteiger partial charge on any atom is 0.267 e. The number of rotatable bonds is 15. The molecule has 0 aromatic rings. The van der Waals surface area contributed by atoms with E-state index in [4.69, 9.17) is 14.7 Å². The molecule has 0 aromatic carbocycles. The standard InChI is InChI=1S/C35H64N2O4S/c1-25(2)10-8-11-26(3)30-14-15-31-29-13-12-27-24-28(16-19-34(27,4)32(29)17-20-35(30,31)5)41-33(37(6)7)18-23-42(38,39)40-22-9-21-36/h12,25-26,28-33H,8-11,13-24,36H2,1-7H3/t26-,28+,29+,30-,31+,32+,33?,34+,35-/m1/s1. The van der Waals surface area contributed by atoms with Gasteiger partial charge in [0.15, 0.2) is 0 Å². The van der Waals surface area contributed by atoms with Gasteiger partial charge in [-0.2, -0.15) is 8.42 Å². The Morgan fingerprint density at radius 1 is 1.00 bits per heavy atom. The van der Waals surface area contributed by atoms with Crippen LogP contribution in [0.5, 0.6) is 0 Å². The number of ether oxygens (including phenoxy) is 1. The molecule has 0 spiro atoms. The monoisotopic (exact) mass is 608 g/mol. The smallest absolute Gasteiger partial charge is 0.267 e. The first-order valence-electron chi connectivity index (χ1n) is 17.4. The third-order valence-corrected chi connectivity index (χ3v) is 13.7. The molecule has 0 saturated heterocycles. The maximum atomic E-state index is 12.4. The molecular weight excluding hydrogens is 544 g/mol. The first kappa shape index (κ1) is 34.4. The van der Waals surface area contributed by atoms with Crippen molar-refractivity contribution in [2.75, 3.05) is 33.0 Å². The topological polar surface area (TPSA) is 81.9 Å². The molecule has 0 radical (unpaired) electrons. The quantitative estimate of drug-likeness (QED) is 0.0904. The number of fused-ring (bicyclic) bond motifs is 5. The molecule has 1 unspecified atom stereocenters. The third-order valence-electron chi connectivity index (χ3n) is 12.4. The highest BCUT2D eigenvalue weighted by Crippen LogP contribution is 2.67. The van der Waals surface area contributed by atoms with Crippen LogP contribution in [-0.2, 0) is 19.0 Å². The zero-order chi connectivity index (χ0) is 30.7. The molecule has 3 fully saturated rings. The second kappa shape index (κ2) is 14.3. The van der Waals surface area contributed by atoms with Crippen LogP contribution in [0.25, 0.3) is 0 Å².